The summed E-state index contributed by atoms with van der Waals surface area (Å²) in [5.41, 5.74) is 2.48. The van der Waals surface area contributed by atoms with Crippen LogP contribution in [0.2, 0.25) is 0 Å². The number of nitrogens with zero attached hydrogens (tertiary/aromatic N) is 3. The first kappa shape index (κ1) is 19.4. The average Bonchev–Trinajstić information content (AvgIpc) is 3.12. The number of carbonyl (C=O) groups is 2. The van der Waals surface area contributed by atoms with Gasteiger partial charge in [-0.15, -0.1) is 0 Å². The third kappa shape index (κ3) is 3.35. The van der Waals surface area contributed by atoms with Crippen molar-refractivity contribution in [1.82, 2.24) is 4.90 Å². The second kappa shape index (κ2) is 7.74. The molecule has 2 heterocycles. The Morgan fingerprint density at radius 2 is 1.85 bits per heavy atom. The van der Waals surface area contributed by atoms with E-state index in [4.69, 9.17) is 17.0 Å². The van der Waals surface area contributed by atoms with Crippen LogP contribution in [0.1, 0.15) is 24.2 Å². The molecule has 2 aliphatic heterocycles. The van der Waals surface area contributed by atoms with Crippen molar-refractivity contribution in [1.29, 1.82) is 0 Å². The van der Waals surface area contributed by atoms with Gasteiger partial charge in [0.1, 0.15) is 10.1 Å². The van der Waals surface area contributed by atoms with Gasteiger partial charge >= 0.3 is 5.97 Å². The minimum absolute atomic E-state index is 0.0866. The van der Waals surface area contributed by atoms with Crippen LogP contribution in [0, 0.1) is 0 Å². The molecule has 0 aromatic heterocycles. The lowest BCUT2D eigenvalue weighted by atomic mass is 10.1. The first-order valence-corrected chi connectivity index (χ1v) is 9.84. The zero-order valence-electron chi connectivity index (χ0n) is 15.7. The van der Waals surface area contributed by atoms with Crippen LogP contribution < -0.4 is 9.80 Å². The summed E-state index contributed by atoms with van der Waals surface area (Å²) < 4.78 is 5.40. The SMILES string of the molecule is CCN1C(=CC=C2SC(=S)N(C)C2=O)N(CC)c2cc(C(=O)OC)ccc21. The van der Waals surface area contributed by atoms with Gasteiger partial charge in [0.2, 0.25) is 0 Å². The number of thioether (sulfide) groups is 1. The maximum Gasteiger partial charge on any atom is 0.337 e. The summed E-state index contributed by atoms with van der Waals surface area (Å²) in [7, 11) is 3.06. The Morgan fingerprint density at radius 1 is 1.19 bits per heavy atom. The van der Waals surface area contributed by atoms with Gasteiger partial charge in [-0.3, -0.25) is 9.69 Å². The highest BCUT2D eigenvalue weighted by Gasteiger charge is 2.31. The lowest BCUT2D eigenvalue weighted by molar-refractivity contribution is -0.121. The Hall–Kier alpha value is -2.32. The van der Waals surface area contributed by atoms with Gasteiger partial charge in [0.05, 0.1) is 29.0 Å². The van der Waals surface area contributed by atoms with Gasteiger partial charge in [-0.1, -0.05) is 24.0 Å². The number of carbonyl (C=O) groups excluding carboxylic acids is 2. The molecule has 0 bridgehead atoms. The fourth-order valence-electron chi connectivity index (χ4n) is 3.16. The largest absolute Gasteiger partial charge is 0.465 e. The number of esters is 1. The highest BCUT2D eigenvalue weighted by molar-refractivity contribution is 8.26. The molecule has 0 unspecified atom stereocenters. The van der Waals surface area contributed by atoms with E-state index in [9.17, 15) is 9.59 Å². The van der Waals surface area contributed by atoms with Crippen molar-refractivity contribution in [2.45, 2.75) is 13.8 Å². The lowest BCUT2D eigenvalue weighted by Gasteiger charge is -2.23. The predicted octanol–water partition coefficient (Wildman–Crippen LogP) is 3.35. The van der Waals surface area contributed by atoms with Gasteiger partial charge in [-0.25, -0.2) is 4.79 Å². The second-order valence-corrected chi connectivity index (χ2v) is 7.65. The topological polar surface area (TPSA) is 53.1 Å². The number of methoxy groups -OCH3 is 1. The van der Waals surface area contributed by atoms with Gasteiger partial charge in [0, 0.05) is 20.1 Å². The maximum atomic E-state index is 12.2. The van der Waals surface area contributed by atoms with E-state index < -0.39 is 0 Å². The number of benzene rings is 1. The van der Waals surface area contributed by atoms with Crippen LogP contribution in [0.15, 0.2) is 41.1 Å². The molecule has 0 spiro atoms. The minimum Gasteiger partial charge on any atom is -0.465 e. The van der Waals surface area contributed by atoms with Crippen molar-refractivity contribution in [3.63, 3.8) is 0 Å². The summed E-state index contributed by atoms with van der Waals surface area (Å²) in [6.07, 6.45) is 3.75. The quantitative estimate of drug-likeness (QED) is 0.434. The van der Waals surface area contributed by atoms with Gasteiger partial charge in [0.15, 0.2) is 0 Å². The molecule has 3 rings (SSSR count). The normalized spacial score (nSPS) is 19.5. The van der Waals surface area contributed by atoms with Gasteiger partial charge in [-0.05, 0) is 44.2 Å². The zero-order valence-corrected chi connectivity index (χ0v) is 17.3. The van der Waals surface area contributed by atoms with Crippen LogP contribution in [0.25, 0.3) is 0 Å². The van der Waals surface area contributed by atoms with Crippen molar-refractivity contribution in [2.24, 2.45) is 0 Å². The first-order valence-electron chi connectivity index (χ1n) is 8.62. The van der Waals surface area contributed by atoms with E-state index in [1.165, 1.54) is 23.8 Å². The third-order valence-electron chi connectivity index (χ3n) is 4.53. The highest BCUT2D eigenvalue weighted by Crippen LogP contribution is 2.42. The number of anilines is 2. The van der Waals surface area contributed by atoms with Gasteiger partial charge < -0.3 is 14.5 Å². The molecule has 1 saturated heterocycles. The predicted molar refractivity (Wildman–Crippen MR) is 113 cm³/mol. The fourth-order valence-corrected chi connectivity index (χ4v) is 4.28. The van der Waals surface area contributed by atoms with Gasteiger partial charge in [0.25, 0.3) is 5.91 Å². The van der Waals surface area contributed by atoms with Crippen molar-refractivity contribution < 1.29 is 14.3 Å². The molecule has 27 heavy (non-hydrogen) atoms. The number of allylic oxidation sites excluding steroid dienone is 2. The Bertz CT molecular complexity index is 879. The van der Waals surface area contributed by atoms with E-state index in [1.54, 1.807) is 13.1 Å². The van der Waals surface area contributed by atoms with Crippen molar-refractivity contribution in [3.05, 3.63) is 46.6 Å². The minimum atomic E-state index is -0.360. The van der Waals surface area contributed by atoms with E-state index in [1.807, 2.05) is 31.2 Å². The molecule has 2 aliphatic rings. The Labute approximate surface area is 168 Å². The molecule has 1 fully saturated rings. The number of hydrogen-bond acceptors (Lipinski definition) is 7. The summed E-state index contributed by atoms with van der Waals surface area (Å²) in [6, 6.07) is 5.55. The molecular weight excluding hydrogens is 382 g/mol. The molecule has 6 nitrogen and oxygen atoms in total. The summed E-state index contributed by atoms with van der Waals surface area (Å²) >= 11 is 6.49. The number of fused-ring (bicyclic) bond motifs is 1. The molecule has 1 aromatic rings. The molecule has 1 aromatic carbocycles. The van der Waals surface area contributed by atoms with Crippen LogP contribution in [0.3, 0.4) is 0 Å². The molecule has 0 saturated carbocycles. The standard InChI is InChI=1S/C19H21N3O3S2/c1-5-21-13-8-7-12(18(24)25-4)11-14(13)22(6-2)16(21)10-9-15-17(23)20(3)19(26)27-15/h7-11H,5-6H2,1-4H3. The smallest absolute Gasteiger partial charge is 0.337 e. The summed E-state index contributed by atoms with van der Waals surface area (Å²) in [5.74, 6) is 0.510. The number of likely N-dealkylation sites (N-methyl/N-ethyl adjacent to an activating group) is 1. The van der Waals surface area contributed by atoms with E-state index in [0.29, 0.717) is 14.8 Å². The first-order chi connectivity index (χ1) is 12.9. The molecule has 0 radical (unpaired) electrons. The number of hydrogen-bond donors (Lipinski definition) is 0. The van der Waals surface area contributed by atoms with E-state index >= 15 is 0 Å². The van der Waals surface area contributed by atoms with Crippen LogP contribution in [-0.2, 0) is 9.53 Å². The number of thiocarbonyl (C=S) groups is 1. The lowest BCUT2D eigenvalue weighted by Crippen LogP contribution is -2.28. The van der Waals surface area contributed by atoms with Crippen molar-refractivity contribution >= 4 is 51.6 Å². The van der Waals surface area contributed by atoms with Crippen LogP contribution in [0.4, 0.5) is 11.4 Å². The number of ether oxygens (including phenoxy) is 1. The molecule has 0 aliphatic carbocycles. The molecule has 1 amide bonds. The molecule has 142 valence electrons. The summed E-state index contributed by atoms with van der Waals surface area (Å²) in [4.78, 5) is 30.5. The highest BCUT2D eigenvalue weighted by atomic mass is 32.2. The maximum absolute atomic E-state index is 12.2. The monoisotopic (exact) mass is 403 g/mol. The van der Waals surface area contributed by atoms with Crippen molar-refractivity contribution in [3.8, 4) is 0 Å². The number of rotatable bonds is 4. The molecule has 0 N–H and O–H groups in total. The Kier molecular flexibility index (Phi) is 5.57. The second-order valence-electron chi connectivity index (χ2n) is 5.97. The third-order valence-corrected chi connectivity index (χ3v) is 6.04. The Morgan fingerprint density at radius 3 is 2.41 bits per heavy atom. The molecule has 8 heteroatoms. The average molecular weight is 404 g/mol. The van der Waals surface area contributed by atoms with Crippen LogP contribution in [0.5, 0.6) is 0 Å². The van der Waals surface area contributed by atoms with Crippen LogP contribution >= 0.6 is 24.0 Å². The van der Waals surface area contributed by atoms with Crippen LogP contribution in [-0.4, -0.2) is 48.3 Å². The molecular formula is C19H21N3O3S2. The van der Waals surface area contributed by atoms with Gasteiger partial charge in [-0.2, -0.15) is 0 Å². The summed E-state index contributed by atoms with van der Waals surface area (Å²) in [5, 5.41) is 0. The molecule has 0 atom stereocenters. The van der Waals surface area contributed by atoms with E-state index in [0.717, 1.165) is 30.3 Å². The zero-order chi connectivity index (χ0) is 19.7. The number of amides is 1. The van der Waals surface area contributed by atoms with E-state index in [2.05, 4.69) is 16.7 Å². The van der Waals surface area contributed by atoms with E-state index in [-0.39, 0.29) is 11.9 Å². The Balaban J connectivity index is 2.02. The van der Waals surface area contributed by atoms with Crippen molar-refractivity contribution in [2.75, 3.05) is 37.0 Å². The summed E-state index contributed by atoms with van der Waals surface area (Å²) in [6.45, 7) is 5.60. The fraction of sp³-hybridized carbons (Fsp3) is 0.316.